The second-order valence-corrected chi connectivity index (χ2v) is 5.03. The third-order valence-electron chi connectivity index (χ3n) is 3.27. The highest BCUT2D eigenvalue weighted by atomic mass is 16.3. The lowest BCUT2D eigenvalue weighted by atomic mass is 10.0. The Hall–Kier alpha value is -2.28. The molecule has 102 valence electrons. The molecule has 20 heavy (non-hydrogen) atoms. The first-order valence-electron chi connectivity index (χ1n) is 6.83. The van der Waals surface area contributed by atoms with E-state index >= 15 is 0 Å². The number of aliphatic hydroxyl groups is 1. The van der Waals surface area contributed by atoms with Gasteiger partial charge in [0.2, 0.25) is 0 Å². The van der Waals surface area contributed by atoms with Crippen LogP contribution in [-0.2, 0) is 6.42 Å². The highest BCUT2D eigenvalue weighted by molar-refractivity contribution is 5.56. The van der Waals surface area contributed by atoms with Gasteiger partial charge in [-0.3, -0.25) is 0 Å². The third kappa shape index (κ3) is 3.86. The van der Waals surface area contributed by atoms with Crippen molar-refractivity contribution < 1.29 is 5.11 Å². The Morgan fingerprint density at radius 2 is 1.45 bits per heavy atom. The van der Waals surface area contributed by atoms with E-state index in [0.29, 0.717) is 5.76 Å². The van der Waals surface area contributed by atoms with Crippen LogP contribution in [0.5, 0.6) is 0 Å². The van der Waals surface area contributed by atoms with E-state index in [-0.39, 0.29) is 0 Å². The van der Waals surface area contributed by atoms with E-state index in [1.165, 1.54) is 5.56 Å². The molecule has 0 radical (unpaired) electrons. The minimum atomic E-state index is 0.387. The Morgan fingerprint density at radius 3 is 2.05 bits per heavy atom. The van der Waals surface area contributed by atoms with E-state index < -0.39 is 0 Å². The predicted molar refractivity (Wildman–Crippen MR) is 85.6 cm³/mol. The maximum absolute atomic E-state index is 10.3. The molecule has 0 aliphatic carbocycles. The van der Waals surface area contributed by atoms with Crippen molar-refractivity contribution in [3.63, 3.8) is 0 Å². The molecule has 0 spiro atoms. The molecule has 0 unspecified atom stereocenters. The maximum Gasteiger partial charge on any atom is 0.117 e. The van der Waals surface area contributed by atoms with E-state index in [1.54, 1.807) is 0 Å². The number of aliphatic hydroxyl groups excluding tert-OH is 1. The van der Waals surface area contributed by atoms with Crippen LogP contribution in [-0.4, -0.2) is 5.11 Å². The van der Waals surface area contributed by atoms with Crippen LogP contribution in [0.2, 0.25) is 0 Å². The maximum atomic E-state index is 10.3. The van der Waals surface area contributed by atoms with E-state index in [2.05, 4.69) is 12.1 Å². The second kappa shape index (κ2) is 6.76. The molecule has 1 heteroatoms. The summed E-state index contributed by atoms with van der Waals surface area (Å²) in [4.78, 5) is 0. The Kier molecular flexibility index (Phi) is 4.78. The van der Waals surface area contributed by atoms with Crippen molar-refractivity contribution in [1.29, 1.82) is 0 Å². The molecule has 0 aliphatic heterocycles. The molecule has 0 atom stereocenters. The van der Waals surface area contributed by atoms with Gasteiger partial charge in [-0.2, -0.15) is 0 Å². The van der Waals surface area contributed by atoms with Gasteiger partial charge >= 0.3 is 0 Å². The fourth-order valence-electron chi connectivity index (χ4n) is 2.19. The summed E-state index contributed by atoms with van der Waals surface area (Å²) < 4.78 is 0. The molecule has 0 amide bonds. The number of benzene rings is 2. The minimum absolute atomic E-state index is 0.387. The van der Waals surface area contributed by atoms with E-state index in [9.17, 15) is 5.11 Å². The molecule has 0 fully saturated rings. The Morgan fingerprint density at radius 1 is 0.900 bits per heavy atom. The zero-order valence-corrected chi connectivity index (χ0v) is 12.0. The quantitative estimate of drug-likeness (QED) is 0.597. The van der Waals surface area contributed by atoms with Gasteiger partial charge in [-0.1, -0.05) is 60.7 Å². The molecule has 1 nitrogen and oxygen atoms in total. The SMILES string of the molecule is C/C(Cc1ccccc1)=C(O)\C(C)=C\c1ccccc1. The summed E-state index contributed by atoms with van der Waals surface area (Å²) in [5.41, 5.74) is 4.19. The van der Waals surface area contributed by atoms with Gasteiger partial charge in [0.1, 0.15) is 5.76 Å². The third-order valence-corrected chi connectivity index (χ3v) is 3.27. The van der Waals surface area contributed by atoms with Gasteiger partial charge in [0, 0.05) is 0 Å². The molecular weight excluding hydrogens is 244 g/mol. The van der Waals surface area contributed by atoms with Crippen LogP contribution in [0.4, 0.5) is 0 Å². The number of hydrogen-bond donors (Lipinski definition) is 1. The van der Waals surface area contributed by atoms with Gasteiger partial charge in [0.15, 0.2) is 0 Å². The Labute approximate surface area is 120 Å². The van der Waals surface area contributed by atoms with Crippen LogP contribution in [0, 0.1) is 0 Å². The largest absolute Gasteiger partial charge is 0.508 e. The van der Waals surface area contributed by atoms with Gasteiger partial charge in [-0.25, -0.2) is 0 Å². The summed E-state index contributed by atoms with van der Waals surface area (Å²) in [7, 11) is 0. The van der Waals surface area contributed by atoms with Crippen LogP contribution in [0.3, 0.4) is 0 Å². The Bertz CT molecular complexity index is 607. The average Bonchev–Trinajstić information content (AvgIpc) is 2.48. The van der Waals surface area contributed by atoms with Crippen molar-refractivity contribution in [2.45, 2.75) is 20.3 Å². The lowest BCUT2D eigenvalue weighted by molar-refractivity contribution is 0.415. The standard InChI is InChI=1S/C19H20O/c1-15(13-17-9-5-3-6-10-17)19(20)16(2)14-18-11-7-4-8-12-18/h3-13,20H,14H2,1-2H3/b15-13+,19-16-. The lowest BCUT2D eigenvalue weighted by Crippen LogP contribution is -1.94. The smallest absolute Gasteiger partial charge is 0.117 e. The topological polar surface area (TPSA) is 20.2 Å². The molecule has 2 aromatic carbocycles. The summed E-state index contributed by atoms with van der Waals surface area (Å²) in [6.07, 6.45) is 2.77. The van der Waals surface area contributed by atoms with Gasteiger partial charge in [-0.05, 0) is 48.6 Å². The molecule has 0 aliphatic rings. The molecule has 1 N–H and O–H groups in total. The van der Waals surface area contributed by atoms with Gasteiger partial charge in [0.25, 0.3) is 0 Å². The molecule has 2 rings (SSSR count). The monoisotopic (exact) mass is 264 g/mol. The predicted octanol–water partition coefficient (Wildman–Crippen LogP) is 5.16. The zero-order chi connectivity index (χ0) is 14.4. The van der Waals surface area contributed by atoms with Crippen molar-refractivity contribution >= 4 is 6.08 Å². The summed E-state index contributed by atoms with van der Waals surface area (Å²) in [6, 6.07) is 20.2. The first kappa shape index (κ1) is 14.1. The highest BCUT2D eigenvalue weighted by Gasteiger charge is 2.04. The van der Waals surface area contributed by atoms with E-state index in [4.69, 9.17) is 0 Å². The number of allylic oxidation sites excluding steroid dienone is 2. The van der Waals surface area contributed by atoms with Crippen LogP contribution in [0.15, 0.2) is 77.6 Å². The molecule has 0 aromatic heterocycles. The molecule has 0 bridgehead atoms. The molecule has 0 heterocycles. The summed E-state index contributed by atoms with van der Waals surface area (Å²) in [5.74, 6) is 0.387. The highest BCUT2D eigenvalue weighted by Crippen LogP contribution is 2.18. The molecule has 0 saturated carbocycles. The first-order valence-corrected chi connectivity index (χ1v) is 6.83. The summed E-state index contributed by atoms with van der Waals surface area (Å²) >= 11 is 0. The van der Waals surface area contributed by atoms with E-state index in [0.717, 1.165) is 23.1 Å². The van der Waals surface area contributed by atoms with Crippen molar-refractivity contribution in [2.75, 3.05) is 0 Å². The van der Waals surface area contributed by atoms with Crippen molar-refractivity contribution in [3.05, 3.63) is 88.7 Å². The fourth-order valence-corrected chi connectivity index (χ4v) is 2.19. The molecular formula is C19H20O. The molecule has 0 saturated heterocycles. The van der Waals surface area contributed by atoms with Crippen LogP contribution in [0.1, 0.15) is 25.0 Å². The van der Waals surface area contributed by atoms with Crippen LogP contribution in [0.25, 0.3) is 6.08 Å². The van der Waals surface area contributed by atoms with Gasteiger partial charge < -0.3 is 5.11 Å². The minimum Gasteiger partial charge on any atom is -0.508 e. The van der Waals surface area contributed by atoms with Crippen LogP contribution < -0.4 is 0 Å². The van der Waals surface area contributed by atoms with Crippen LogP contribution >= 0.6 is 0 Å². The van der Waals surface area contributed by atoms with E-state index in [1.807, 2.05) is 68.5 Å². The summed E-state index contributed by atoms with van der Waals surface area (Å²) in [6.45, 7) is 3.92. The average molecular weight is 264 g/mol. The number of rotatable bonds is 4. The number of hydrogen-bond acceptors (Lipinski definition) is 1. The molecule has 2 aromatic rings. The van der Waals surface area contributed by atoms with Crippen molar-refractivity contribution in [3.8, 4) is 0 Å². The normalized spacial score (nSPS) is 13.0. The summed E-state index contributed by atoms with van der Waals surface area (Å²) in [5, 5.41) is 10.3. The van der Waals surface area contributed by atoms with Crippen molar-refractivity contribution in [2.24, 2.45) is 0 Å². The second-order valence-electron chi connectivity index (χ2n) is 5.03. The zero-order valence-electron chi connectivity index (χ0n) is 12.0. The van der Waals surface area contributed by atoms with Crippen molar-refractivity contribution in [1.82, 2.24) is 0 Å². The fraction of sp³-hybridized carbons (Fsp3) is 0.158. The lowest BCUT2D eigenvalue weighted by Gasteiger charge is -2.07. The Balaban J connectivity index is 2.18. The first-order chi connectivity index (χ1) is 9.66. The van der Waals surface area contributed by atoms with Gasteiger partial charge in [-0.15, -0.1) is 0 Å². The van der Waals surface area contributed by atoms with Gasteiger partial charge in [0.05, 0.1) is 0 Å².